The van der Waals surface area contributed by atoms with Crippen molar-refractivity contribution < 1.29 is 23.6 Å². The number of likely N-dealkylation sites (tertiary alicyclic amines) is 1. The van der Waals surface area contributed by atoms with Crippen LogP contribution in [-0.4, -0.2) is 65.0 Å². The van der Waals surface area contributed by atoms with Crippen molar-refractivity contribution in [2.45, 2.75) is 65.5 Å². The SMILES string of the molecule is CC(NC(=O)C(CC(=O)N1CCCC1)NCC(=O)CC(C)(C)C)C(=O)c1nc2ccccc2o1. The average Bonchev–Trinajstić information content (AvgIpc) is 3.44. The molecule has 3 rings (SSSR count). The van der Waals surface area contributed by atoms with Gasteiger partial charge in [-0.3, -0.25) is 24.5 Å². The van der Waals surface area contributed by atoms with Crippen molar-refractivity contribution in [1.29, 1.82) is 0 Å². The topological polar surface area (TPSA) is 122 Å². The zero-order valence-corrected chi connectivity index (χ0v) is 20.3. The Morgan fingerprint density at radius 1 is 1.12 bits per heavy atom. The number of nitrogens with zero attached hydrogens (tertiary/aromatic N) is 2. The molecule has 0 aliphatic carbocycles. The maximum Gasteiger partial charge on any atom is 0.266 e. The number of ketones is 2. The fourth-order valence-electron chi connectivity index (χ4n) is 3.96. The van der Waals surface area contributed by atoms with Crippen molar-refractivity contribution in [3.63, 3.8) is 0 Å². The second kappa shape index (κ2) is 10.9. The summed E-state index contributed by atoms with van der Waals surface area (Å²) in [4.78, 5) is 56.8. The van der Waals surface area contributed by atoms with Gasteiger partial charge in [0.05, 0.1) is 25.0 Å². The Morgan fingerprint density at radius 2 is 1.79 bits per heavy atom. The summed E-state index contributed by atoms with van der Waals surface area (Å²) in [5, 5.41) is 5.60. The molecule has 184 valence electrons. The molecule has 1 fully saturated rings. The molecule has 2 atom stereocenters. The zero-order valence-electron chi connectivity index (χ0n) is 20.3. The van der Waals surface area contributed by atoms with Gasteiger partial charge in [0.2, 0.25) is 17.6 Å². The van der Waals surface area contributed by atoms with Gasteiger partial charge in [0.1, 0.15) is 11.3 Å². The Balaban J connectivity index is 1.66. The normalized spacial score (nSPS) is 15.8. The number of aromatic nitrogens is 1. The Hall–Kier alpha value is -3.07. The molecule has 1 aliphatic heterocycles. The van der Waals surface area contributed by atoms with Crippen molar-refractivity contribution in [3.05, 3.63) is 30.2 Å². The Bertz CT molecular complexity index is 1020. The minimum absolute atomic E-state index is 0.0317. The van der Waals surface area contributed by atoms with E-state index in [9.17, 15) is 19.2 Å². The van der Waals surface area contributed by atoms with Gasteiger partial charge in [0.25, 0.3) is 5.89 Å². The van der Waals surface area contributed by atoms with Gasteiger partial charge in [-0.2, -0.15) is 0 Å². The summed E-state index contributed by atoms with van der Waals surface area (Å²) in [7, 11) is 0. The van der Waals surface area contributed by atoms with E-state index >= 15 is 0 Å². The van der Waals surface area contributed by atoms with Crippen LogP contribution in [-0.2, 0) is 14.4 Å². The molecule has 0 radical (unpaired) electrons. The quantitative estimate of drug-likeness (QED) is 0.512. The molecule has 34 heavy (non-hydrogen) atoms. The predicted molar refractivity (Wildman–Crippen MR) is 127 cm³/mol. The number of carbonyl (C=O) groups excluding carboxylic acids is 4. The van der Waals surface area contributed by atoms with Crippen LogP contribution in [0.1, 0.15) is 64.1 Å². The van der Waals surface area contributed by atoms with Crippen LogP contribution in [0.25, 0.3) is 11.1 Å². The van der Waals surface area contributed by atoms with E-state index in [-0.39, 0.29) is 36.0 Å². The van der Waals surface area contributed by atoms with Crippen LogP contribution in [0.4, 0.5) is 0 Å². The van der Waals surface area contributed by atoms with E-state index in [0.717, 1.165) is 12.8 Å². The van der Waals surface area contributed by atoms with Crippen molar-refractivity contribution in [1.82, 2.24) is 20.5 Å². The lowest BCUT2D eigenvalue weighted by Crippen LogP contribution is -2.52. The average molecular weight is 471 g/mol. The highest BCUT2D eigenvalue weighted by molar-refractivity contribution is 6.00. The minimum atomic E-state index is -0.934. The van der Waals surface area contributed by atoms with E-state index in [0.29, 0.717) is 30.6 Å². The summed E-state index contributed by atoms with van der Waals surface area (Å²) in [5.74, 6) is -1.28. The summed E-state index contributed by atoms with van der Waals surface area (Å²) in [5.41, 5.74) is 0.859. The van der Waals surface area contributed by atoms with E-state index in [1.807, 2.05) is 20.8 Å². The number of fused-ring (bicyclic) bond motifs is 1. The summed E-state index contributed by atoms with van der Waals surface area (Å²) in [6, 6.07) is 5.16. The van der Waals surface area contributed by atoms with Crippen LogP contribution < -0.4 is 10.6 Å². The second-order valence-corrected chi connectivity index (χ2v) is 10.1. The first kappa shape index (κ1) is 25.6. The minimum Gasteiger partial charge on any atom is -0.434 e. The highest BCUT2D eigenvalue weighted by atomic mass is 16.4. The van der Waals surface area contributed by atoms with Gasteiger partial charge in [-0.1, -0.05) is 32.9 Å². The molecule has 2 amide bonds. The van der Waals surface area contributed by atoms with Gasteiger partial charge in [-0.25, -0.2) is 4.98 Å². The number of hydrogen-bond donors (Lipinski definition) is 2. The number of nitrogens with one attached hydrogen (secondary N) is 2. The highest BCUT2D eigenvalue weighted by Crippen LogP contribution is 2.19. The molecule has 2 aromatic rings. The Labute approximate surface area is 199 Å². The lowest BCUT2D eigenvalue weighted by molar-refractivity contribution is -0.134. The monoisotopic (exact) mass is 470 g/mol. The van der Waals surface area contributed by atoms with Crippen LogP contribution in [0, 0.1) is 5.41 Å². The number of para-hydroxylation sites is 2. The smallest absolute Gasteiger partial charge is 0.266 e. The fraction of sp³-hybridized carbons (Fsp3) is 0.560. The van der Waals surface area contributed by atoms with Crippen molar-refractivity contribution >= 4 is 34.5 Å². The van der Waals surface area contributed by atoms with E-state index in [1.165, 1.54) is 0 Å². The number of Topliss-reactive ketones (excluding diaryl/α,β-unsaturated/α-hetero) is 2. The highest BCUT2D eigenvalue weighted by Gasteiger charge is 2.30. The van der Waals surface area contributed by atoms with Gasteiger partial charge < -0.3 is 14.6 Å². The van der Waals surface area contributed by atoms with Gasteiger partial charge >= 0.3 is 0 Å². The number of rotatable bonds is 10. The second-order valence-electron chi connectivity index (χ2n) is 10.1. The standard InChI is InChI=1S/C25H34N4O5/c1-16(22(32)24-28-18-9-5-6-10-20(18)34-24)27-23(33)19(13-21(31)29-11-7-8-12-29)26-15-17(30)14-25(2,3)4/h5-6,9-10,16,19,26H,7-8,11-15H2,1-4H3,(H,27,33). The van der Waals surface area contributed by atoms with Gasteiger partial charge in [-0.15, -0.1) is 0 Å². The first-order valence-corrected chi connectivity index (χ1v) is 11.8. The molecule has 9 heteroatoms. The number of hydrogen-bond acceptors (Lipinski definition) is 7. The summed E-state index contributed by atoms with van der Waals surface area (Å²) in [6.07, 6.45) is 2.14. The van der Waals surface area contributed by atoms with Gasteiger partial charge in [-0.05, 0) is 37.3 Å². The maximum atomic E-state index is 13.1. The van der Waals surface area contributed by atoms with E-state index in [1.54, 1.807) is 36.1 Å². The molecule has 0 spiro atoms. The molecular formula is C25H34N4O5. The van der Waals surface area contributed by atoms with E-state index in [2.05, 4.69) is 15.6 Å². The molecule has 1 aliphatic rings. The first-order valence-electron chi connectivity index (χ1n) is 11.8. The molecule has 1 saturated heterocycles. The number of carbonyl (C=O) groups is 4. The maximum absolute atomic E-state index is 13.1. The van der Waals surface area contributed by atoms with Crippen molar-refractivity contribution in [2.24, 2.45) is 5.41 Å². The molecular weight excluding hydrogens is 436 g/mol. The summed E-state index contributed by atoms with van der Waals surface area (Å²) < 4.78 is 5.52. The molecule has 0 saturated carbocycles. The molecule has 2 N–H and O–H groups in total. The first-order chi connectivity index (χ1) is 16.0. The van der Waals surface area contributed by atoms with E-state index in [4.69, 9.17) is 4.42 Å². The van der Waals surface area contributed by atoms with Crippen LogP contribution in [0.15, 0.2) is 28.7 Å². The van der Waals surface area contributed by atoms with Gasteiger partial charge in [0.15, 0.2) is 5.58 Å². The van der Waals surface area contributed by atoms with Gasteiger partial charge in [0, 0.05) is 19.5 Å². The van der Waals surface area contributed by atoms with Crippen molar-refractivity contribution in [2.75, 3.05) is 19.6 Å². The Kier molecular flexibility index (Phi) is 8.19. The molecule has 0 bridgehead atoms. The fourth-order valence-corrected chi connectivity index (χ4v) is 3.96. The van der Waals surface area contributed by atoms with Crippen LogP contribution in [0.2, 0.25) is 0 Å². The Morgan fingerprint density at radius 3 is 2.44 bits per heavy atom. The lowest BCUT2D eigenvalue weighted by atomic mass is 9.90. The van der Waals surface area contributed by atoms with Crippen molar-refractivity contribution in [3.8, 4) is 0 Å². The molecule has 2 unspecified atom stereocenters. The number of benzene rings is 1. The number of oxazole rings is 1. The molecule has 1 aromatic carbocycles. The van der Waals surface area contributed by atoms with Crippen LogP contribution >= 0.6 is 0 Å². The molecule has 1 aromatic heterocycles. The zero-order chi connectivity index (χ0) is 24.9. The third-order valence-corrected chi connectivity index (χ3v) is 5.68. The third-order valence-electron chi connectivity index (χ3n) is 5.68. The van der Waals surface area contributed by atoms with E-state index < -0.39 is 23.8 Å². The third kappa shape index (κ3) is 6.96. The molecule has 9 nitrogen and oxygen atoms in total. The largest absolute Gasteiger partial charge is 0.434 e. The number of amides is 2. The van der Waals surface area contributed by atoms with Crippen LogP contribution in [0.3, 0.4) is 0 Å². The lowest BCUT2D eigenvalue weighted by Gasteiger charge is -2.23. The molecule has 2 heterocycles. The summed E-state index contributed by atoms with van der Waals surface area (Å²) >= 11 is 0. The predicted octanol–water partition coefficient (Wildman–Crippen LogP) is 2.49. The van der Waals surface area contributed by atoms with Crippen LogP contribution in [0.5, 0.6) is 0 Å². The summed E-state index contributed by atoms with van der Waals surface area (Å²) in [6.45, 7) is 8.74.